The SMILES string of the molecule is O=C(NC(c1ccc2cccnc2c1)c1nccnc1Cl)C1C=CC1. The van der Waals surface area contributed by atoms with Crippen LogP contribution in [0.25, 0.3) is 10.9 Å². The summed E-state index contributed by atoms with van der Waals surface area (Å²) in [6, 6.07) is 9.29. The van der Waals surface area contributed by atoms with Crippen molar-refractivity contribution in [3.63, 3.8) is 0 Å². The van der Waals surface area contributed by atoms with Crippen molar-refractivity contribution in [3.8, 4) is 0 Å². The number of amides is 1. The number of aromatic nitrogens is 3. The number of fused-ring (bicyclic) bond motifs is 1. The molecule has 0 saturated heterocycles. The van der Waals surface area contributed by atoms with Crippen LogP contribution in [-0.2, 0) is 4.79 Å². The molecule has 0 spiro atoms. The molecule has 0 aliphatic heterocycles. The zero-order chi connectivity index (χ0) is 17.2. The molecule has 25 heavy (non-hydrogen) atoms. The van der Waals surface area contributed by atoms with Crippen LogP contribution >= 0.6 is 11.6 Å². The Hall–Kier alpha value is -2.79. The van der Waals surface area contributed by atoms with Crippen molar-refractivity contribution in [3.05, 3.63) is 77.5 Å². The van der Waals surface area contributed by atoms with Crippen LogP contribution < -0.4 is 5.32 Å². The number of hydrogen-bond acceptors (Lipinski definition) is 4. The molecular formula is C19H15ClN4O. The molecule has 2 unspecified atom stereocenters. The molecule has 6 heteroatoms. The summed E-state index contributed by atoms with van der Waals surface area (Å²) < 4.78 is 0. The van der Waals surface area contributed by atoms with E-state index in [4.69, 9.17) is 11.6 Å². The molecule has 1 aromatic carbocycles. The Bertz CT molecular complexity index is 972. The Morgan fingerprint density at radius 3 is 2.76 bits per heavy atom. The van der Waals surface area contributed by atoms with Gasteiger partial charge < -0.3 is 5.32 Å². The van der Waals surface area contributed by atoms with Gasteiger partial charge >= 0.3 is 0 Å². The third-order valence-electron chi connectivity index (χ3n) is 4.30. The smallest absolute Gasteiger partial charge is 0.228 e. The Balaban J connectivity index is 1.76. The molecule has 0 radical (unpaired) electrons. The third kappa shape index (κ3) is 3.10. The third-order valence-corrected chi connectivity index (χ3v) is 4.59. The van der Waals surface area contributed by atoms with Gasteiger partial charge in [-0.2, -0.15) is 0 Å². The van der Waals surface area contributed by atoms with Gasteiger partial charge in [0.15, 0.2) is 5.15 Å². The second-order valence-electron chi connectivity index (χ2n) is 5.90. The number of allylic oxidation sites excluding steroid dienone is 1. The summed E-state index contributed by atoms with van der Waals surface area (Å²) in [4.78, 5) is 25.3. The number of nitrogens with one attached hydrogen (secondary N) is 1. The summed E-state index contributed by atoms with van der Waals surface area (Å²) in [6.07, 6.45) is 9.48. The van der Waals surface area contributed by atoms with E-state index < -0.39 is 6.04 Å². The first-order chi connectivity index (χ1) is 12.2. The Labute approximate surface area is 149 Å². The highest BCUT2D eigenvalue weighted by molar-refractivity contribution is 6.30. The predicted octanol–water partition coefficient (Wildman–Crippen LogP) is 3.46. The molecule has 2 atom stereocenters. The number of halogens is 1. The first-order valence-corrected chi connectivity index (χ1v) is 8.38. The van der Waals surface area contributed by atoms with Crippen LogP contribution in [0.2, 0.25) is 5.15 Å². The maximum Gasteiger partial charge on any atom is 0.228 e. The van der Waals surface area contributed by atoms with Crippen molar-refractivity contribution in [2.45, 2.75) is 12.5 Å². The van der Waals surface area contributed by atoms with Crippen LogP contribution in [0.1, 0.15) is 23.7 Å². The lowest BCUT2D eigenvalue weighted by molar-refractivity contribution is -0.124. The number of carbonyl (C=O) groups is 1. The van der Waals surface area contributed by atoms with Crippen molar-refractivity contribution in [2.75, 3.05) is 0 Å². The van der Waals surface area contributed by atoms with E-state index in [1.165, 1.54) is 6.20 Å². The van der Waals surface area contributed by atoms with E-state index in [0.717, 1.165) is 22.9 Å². The standard InChI is InChI=1S/C19H15ClN4O/c20-18-17(22-9-10-23-18)16(24-19(25)13-3-1-4-13)14-7-6-12-5-2-8-21-15(12)11-14/h1-3,5-11,13,16H,4H2,(H,24,25). The molecule has 124 valence electrons. The average molecular weight is 351 g/mol. The normalized spacial score (nSPS) is 17.1. The number of benzene rings is 1. The monoisotopic (exact) mass is 350 g/mol. The number of nitrogens with zero attached hydrogens (tertiary/aromatic N) is 3. The highest BCUT2D eigenvalue weighted by Crippen LogP contribution is 2.28. The summed E-state index contributed by atoms with van der Waals surface area (Å²) in [5.41, 5.74) is 2.24. The molecule has 0 saturated carbocycles. The van der Waals surface area contributed by atoms with E-state index in [0.29, 0.717) is 5.69 Å². The number of rotatable bonds is 4. The van der Waals surface area contributed by atoms with Gasteiger partial charge in [-0.1, -0.05) is 42.0 Å². The van der Waals surface area contributed by atoms with Gasteiger partial charge in [-0.25, -0.2) is 4.98 Å². The van der Waals surface area contributed by atoms with Gasteiger partial charge in [0.1, 0.15) is 5.69 Å². The lowest BCUT2D eigenvalue weighted by Gasteiger charge is -2.24. The topological polar surface area (TPSA) is 67.8 Å². The molecule has 5 nitrogen and oxygen atoms in total. The molecule has 0 fully saturated rings. The molecule has 2 heterocycles. The minimum atomic E-state index is -0.478. The predicted molar refractivity (Wildman–Crippen MR) is 96.0 cm³/mol. The fraction of sp³-hybridized carbons (Fsp3) is 0.158. The van der Waals surface area contributed by atoms with E-state index in [1.54, 1.807) is 12.4 Å². The van der Waals surface area contributed by atoms with Crippen LogP contribution in [0.4, 0.5) is 0 Å². The Morgan fingerprint density at radius 1 is 1.16 bits per heavy atom. The second-order valence-corrected chi connectivity index (χ2v) is 6.26. The molecule has 2 aromatic heterocycles. The number of carbonyl (C=O) groups excluding carboxylic acids is 1. The van der Waals surface area contributed by atoms with Crippen LogP contribution in [0.3, 0.4) is 0 Å². The van der Waals surface area contributed by atoms with Gasteiger partial charge in [0, 0.05) is 24.0 Å². The second kappa shape index (κ2) is 6.61. The van der Waals surface area contributed by atoms with Crippen molar-refractivity contribution in [1.82, 2.24) is 20.3 Å². The van der Waals surface area contributed by atoms with Crippen LogP contribution in [0.5, 0.6) is 0 Å². The van der Waals surface area contributed by atoms with Gasteiger partial charge in [-0.15, -0.1) is 0 Å². The first-order valence-electron chi connectivity index (χ1n) is 8.00. The molecular weight excluding hydrogens is 336 g/mol. The van der Waals surface area contributed by atoms with E-state index in [9.17, 15) is 4.79 Å². The lowest BCUT2D eigenvalue weighted by atomic mass is 9.93. The molecule has 1 aliphatic carbocycles. The summed E-state index contributed by atoms with van der Waals surface area (Å²) in [7, 11) is 0. The highest BCUT2D eigenvalue weighted by Gasteiger charge is 2.26. The van der Waals surface area contributed by atoms with Gasteiger partial charge in [0.25, 0.3) is 0 Å². The highest BCUT2D eigenvalue weighted by atomic mass is 35.5. The molecule has 1 aliphatic rings. The summed E-state index contributed by atoms with van der Waals surface area (Å²) >= 11 is 6.24. The minimum Gasteiger partial charge on any atom is -0.343 e. The Morgan fingerprint density at radius 2 is 2.00 bits per heavy atom. The number of hydrogen-bond donors (Lipinski definition) is 1. The molecule has 0 bridgehead atoms. The van der Waals surface area contributed by atoms with Gasteiger partial charge in [-0.3, -0.25) is 14.8 Å². The zero-order valence-corrected chi connectivity index (χ0v) is 14.0. The minimum absolute atomic E-state index is 0.0460. The number of pyridine rings is 1. The van der Waals surface area contributed by atoms with Crippen molar-refractivity contribution in [2.24, 2.45) is 5.92 Å². The maximum atomic E-state index is 12.5. The van der Waals surface area contributed by atoms with Crippen molar-refractivity contribution in [1.29, 1.82) is 0 Å². The molecule has 1 N–H and O–H groups in total. The van der Waals surface area contributed by atoms with E-state index in [1.807, 2.05) is 42.5 Å². The van der Waals surface area contributed by atoms with Crippen molar-refractivity contribution >= 4 is 28.4 Å². The molecule has 3 aromatic rings. The van der Waals surface area contributed by atoms with Crippen LogP contribution in [-0.4, -0.2) is 20.9 Å². The van der Waals surface area contributed by atoms with Gasteiger partial charge in [0.05, 0.1) is 17.5 Å². The first kappa shape index (κ1) is 15.7. The fourth-order valence-corrected chi connectivity index (χ4v) is 3.03. The van der Waals surface area contributed by atoms with E-state index in [-0.39, 0.29) is 17.0 Å². The van der Waals surface area contributed by atoms with Gasteiger partial charge in [-0.05, 0) is 24.1 Å². The molecule has 4 rings (SSSR count). The molecule has 1 amide bonds. The average Bonchev–Trinajstić information content (AvgIpc) is 2.58. The summed E-state index contributed by atoms with van der Waals surface area (Å²) in [5.74, 6) is -0.146. The summed E-state index contributed by atoms with van der Waals surface area (Å²) in [5, 5.41) is 4.36. The zero-order valence-electron chi connectivity index (χ0n) is 13.3. The maximum absolute atomic E-state index is 12.5. The van der Waals surface area contributed by atoms with Crippen LogP contribution in [0.15, 0.2) is 61.1 Å². The quantitative estimate of drug-likeness (QED) is 0.732. The van der Waals surface area contributed by atoms with E-state index in [2.05, 4.69) is 20.3 Å². The fourth-order valence-electron chi connectivity index (χ4n) is 2.81. The van der Waals surface area contributed by atoms with Crippen LogP contribution in [0, 0.1) is 5.92 Å². The largest absolute Gasteiger partial charge is 0.343 e. The van der Waals surface area contributed by atoms with Gasteiger partial charge in [0.2, 0.25) is 5.91 Å². The lowest BCUT2D eigenvalue weighted by Crippen LogP contribution is -2.36. The summed E-state index contributed by atoms with van der Waals surface area (Å²) in [6.45, 7) is 0. The van der Waals surface area contributed by atoms with Crippen molar-refractivity contribution < 1.29 is 4.79 Å². The van der Waals surface area contributed by atoms with E-state index >= 15 is 0 Å². The Kier molecular flexibility index (Phi) is 4.15.